The zero-order chi connectivity index (χ0) is 41.6. The summed E-state index contributed by atoms with van der Waals surface area (Å²) in [6, 6.07) is 7.54. The summed E-state index contributed by atoms with van der Waals surface area (Å²) in [5.41, 5.74) is 3.12. The van der Waals surface area contributed by atoms with E-state index >= 15 is 4.39 Å². The lowest BCUT2D eigenvalue weighted by Gasteiger charge is -2.38. The van der Waals surface area contributed by atoms with Gasteiger partial charge in [-0.2, -0.15) is 5.06 Å². The zero-order valence-corrected chi connectivity index (χ0v) is 35.2. The van der Waals surface area contributed by atoms with Gasteiger partial charge in [0, 0.05) is 85.3 Å². The molecule has 2 heterocycles. The Kier molecular flexibility index (Phi) is 15.3. The lowest BCUT2D eigenvalue weighted by molar-refractivity contribution is -0.182. The van der Waals surface area contributed by atoms with Crippen molar-refractivity contribution < 1.29 is 33.8 Å². The minimum atomic E-state index is -1.00. The Morgan fingerprint density at radius 3 is 2.49 bits per heavy atom. The molecule has 57 heavy (non-hydrogen) atoms. The van der Waals surface area contributed by atoms with E-state index in [4.69, 9.17) is 9.57 Å². The molecule has 3 aliphatic rings. The van der Waals surface area contributed by atoms with E-state index in [1.54, 1.807) is 19.2 Å². The number of pyridine rings is 1. The van der Waals surface area contributed by atoms with Gasteiger partial charge in [0.25, 0.3) is 5.91 Å². The fourth-order valence-corrected chi connectivity index (χ4v) is 8.85. The van der Waals surface area contributed by atoms with Crippen molar-refractivity contribution in [3.8, 4) is 5.75 Å². The van der Waals surface area contributed by atoms with Crippen molar-refractivity contribution in [3.05, 3.63) is 82.6 Å². The van der Waals surface area contributed by atoms with Crippen LogP contribution in [-0.2, 0) is 27.4 Å². The summed E-state index contributed by atoms with van der Waals surface area (Å²) in [5, 5.41) is 29.2. The quantitative estimate of drug-likeness (QED) is 0.193. The predicted molar refractivity (Wildman–Crippen MR) is 218 cm³/mol. The van der Waals surface area contributed by atoms with Gasteiger partial charge in [-0.15, -0.1) is 0 Å². The summed E-state index contributed by atoms with van der Waals surface area (Å²) >= 11 is 0. The standard InChI is InChI=1S/C44H65FN6O6/c1-26(2)29-14-13-27(3)38(21-29)48-44(55)41-40(28(4)53)39(25-52)57-51(41)24-36-37(45)16-15-35(42(36)56-9)30-18-31(20-34(19-30)50(7)8)43(54)47-33(23-49(5)6)22-32-12-10-11-17-46-32/h10-12,15-18,20,26-30,33,38-41,52-53H,13-14,19,21-25H2,1-9H3,(H,47,54)(H,48,55)/t27-,28-,29+,30?,33-,38-,39-,40+,41-/m0/s1. The molecule has 5 rings (SSSR count). The number of aliphatic hydroxyl groups excluding tert-OH is 2. The number of aliphatic hydroxyl groups is 2. The second-order valence-corrected chi connectivity index (χ2v) is 17.1. The van der Waals surface area contributed by atoms with E-state index in [-0.39, 0.29) is 53.6 Å². The second kappa shape index (κ2) is 19.7. The summed E-state index contributed by atoms with van der Waals surface area (Å²) in [4.78, 5) is 43.0. The highest BCUT2D eigenvalue weighted by atomic mass is 19.1. The molecule has 4 N–H and O–H groups in total. The van der Waals surface area contributed by atoms with E-state index in [2.05, 4.69) is 36.4 Å². The van der Waals surface area contributed by atoms with Gasteiger partial charge in [-0.25, -0.2) is 4.39 Å². The lowest BCUT2D eigenvalue weighted by Crippen LogP contribution is -2.53. The van der Waals surface area contributed by atoms with E-state index < -0.39 is 36.6 Å². The molecule has 9 atom stereocenters. The molecule has 0 radical (unpaired) electrons. The molecule has 1 saturated carbocycles. The van der Waals surface area contributed by atoms with Crippen LogP contribution in [0.5, 0.6) is 5.75 Å². The Labute approximate surface area is 338 Å². The Balaban J connectivity index is 1.45. The van der Waals surface area contributed by atoms with Gasteiger partial charge in [0.2, 0.25) is 5.91 Å². The third-order valence-corrected chi connectivity index (χ3v) is 12.1. The molecule has 1 aliphatic heterocycles. The van der Waals surface area contributed by atoms with Crippen LogP contribution in [0.2, 0.25) is 0 Å². The van der Waals surface area contributed by atoms with Gasteiger partial charge in [0.1, 0.15) is 23.7 Å². The summed E-state index contributed by atoms with van der Waals surface area (Å²) in [5.74, 6) is -0.717. The van der Waals surface area contributed by atoms with E-state index in [0.717, 1.165) is 30.7 Å². The average Bonchev–Trinajstić information content (AvgIpc) is 3.55. The highest BCUT2D eigenvalue weighted by molar-refractivity contribution is 5.97. The number of carbonyl (C=O) groups is 2. The summed E-state index contributed by atoms with van der Waals surface area (Å²) < 4.78 is 22.1. The van der Waals surface area contributed by atoms with Crippen LogP contribution in [0.4, 0.5) is 4.39 Å². The molecule has 2 aromatic rings. The summed E-state index contributed by atoms with van der Waals surface area (Å²) in [6.45, 7) is 8.15. The number of likely N-dealkylation sites (N-methyl/N-ethyl adjacent to an activating group) is 1. The van der Waals surface area contributed by atoms with Gasteiger partial charge in [0.05, 0.1) is 26.4 Å². The highest BCUT2D eigenvalue weighted by Gasteiger charge is 2.50. The molecule has 2 fully saturated rings. The number of hydrogen-bond acceptors (Lipinski definition) is 10. The van der Waals surface area contributed by atoms with Crippen LogP contribution < -0.4 is 15.4 Å². The minimum Gasteiger partial charge on any atom is -0.496 e. The molecule has 1 saturated heterocycles. The molecule has 13 heteroatoms. The van der Waals surface area contributed by atoms with Crippen LogP contribution >= 0.6 is 0 Å². The smallest absolute Gasteiger partial charge is 0.251 e. The first-order chi connectivity index (χ1) is 27.1. The number of hydrogen-bond donors (Lipinski definition) is 4. The van der Waals surface area contributed by atoms with E-state index in [9.17, 15) is 19.8 Å². The van der Waals surface area contributed by atoms with E-state index in [1.807, 2.05) is 68.3 Å². The molecule has 0 spiro atoms. The van der Waals surface area contributed by atoms with Crippen molar-refractivity contribution in [1.29, 1.82) is 0 Å². The fraction of sp³-hybridized carbons (Fsp3) is 0.614. The Hall–Kier alpha value is -3.88. The number of nitrogens with zero attached hydrogens (tertiary/aromatic N) is 4. The molecular weight excluding hydrogens is 728 g/mol. The van der Waals surface area contributed by atoms with Gasteiger partial charge in [-0.1, -0.05) is 39.0 Å². The maximum atomic E-state index is 16.1. The first kappa shape index (κ1) is 44.2. The number of halogens is 1. The number of hydroxylamine groups is 2. The van der Waals surface area contributed by atoms with Crippen molar-refractivity contribution in [3.63, 3.8) is 0 Å². The van der Waals surface area contributed by atoms with Crippen LogP contribution in [0.25, 0.3) is 0 Å². The number of ether oxygens (including phenoxy) is 1. The first-order valence-corrected chi connectivity index (χ1v) is 20.4. The maximum absolute atomic E-state index is 16.1. The first-order valence-electron chi connectivity index (χ1n) is 20.4. The van der Waals surface area contributed by atoms with Gasteiger partial charge in [0.15, 0.2) is 0 Å². The largest absolute Gasteiger partial charge is 0.496 e. The molecular formula is C44H65FN6O6. The van der Waals surface area contributed by atoms with Gasteiger partial charge >= 0.3 is 0 Å². The molecule has 1 aromatic heterocycles. The Morgan fingerprint density at radius 2 is 1.88 bits per heavy atom. The number of methoxy groups -OCH3 is 1. The normalized spacial score (nSPS) is 26.5. The van der Waals surface area contributed by atoms with Gasteiger partial charge in [-0.3, -0.25) is 19.4 Å². The van der Waals surface area contributed by atoms with Crippen molar-refractivity contribution in [2.24, 2.45) is 23.7 Å². The molecule has 0 bridgehead atoms. The van der Waals surface area contributed by atoms with Crippen LogP contribution in [0.15, 0.2) is 60.0 Å². The number of nitrogens with one attached hydrogen (secondary N) is 2. The molecule has 2 aliphatic carbocycles. The van der Waals surface area contributed by atoms with Crippen molar-refractivity contribution in [1.82, 2.24) is 30.5 Å². The monoisotopic (exact) mass is 792 g/mol. The SMILES string of the molecule is COc1c(C2C=C(C(=O)N[C@@H](Cc3ccccn3)CN(C)C)C=C(N(C)C)C2)ccc(F)c1CN1O[C@@H](CO)[C@@H]([C@H](C)O)[C@H]1C(=O)N[C@H]1C[C@H](C(C)C)CC[C@@H]1C. The summed E-state index contributed by atoms with van der Waals surface area (Å²) in [6.07, 6.45) is 7.70. The molecule has 314 valence electrons. The van der Waals surface area contributed by atoms with Gasteiger partial charge < -0.3 is 35.4 Å². The lowest BCUT2D eigenvalue weighted by atomic mass is 9.74. The number of allylic oxidation sites excluding steroid dienone is 2. The predicted octanol–water partition coefficient (Wildman–Crippen LogP) is 4.43. The minimum absolute atomic E-state index is 0.0606. The maximum Gasteiger partial charge on any atom is 0.251 e. The van der Waals surface area contributed by atoms with Gasteiger partial charge in [-0.05, 0) is 88.7 Å². The molecule has 1 unspecified atom stereocenters. The number of carbonyl (C=O) groups excluding carboxylic acids is 2. The number of amides is 2. The fourth-order valence-electron chi connectivity index (χ4n) is 8.85. The molecule has 1 aromatic carbocycles. The zero-order valence-electron chi connectivity index (χ0n) is 35.2. The van der Waals surface area contributed by atoms with Crippen LogP contribution in [0.1, 0.15) is 76.1 Å². The number of benzene rings is 1. The van der Waals surface area contributed by atoms with Crippen molar-refractivity contribution in [2.45, 2.75) is 103 Å². The van der Waals surface area contributed by atoms with Crippen molar-refractivity contribution in [2.75, 3.05) is 48.5 Å². The topological polar surface area (TPSA) is 140 Å². The Bertz CT molecular complexity index is 1730. The Morgan fingerprint density at radius 1 is 1.12 bits per heavy atom. The second-order valence-electron chi connectivity index (χ2n) is 17.1. The highest BCUT2D eigenvalue weighted by Crippen LogP contribution is 2.42. The molecule has 2 amide bonds. The van der Waals surface area contributed by atoms with Crippen LogP contribution in [-0.4, -0.2) is 121 Å². The van der Waals surface area contributed by atoms with E-state index in [0.29, 0.717) is 42.4 Å². The average molecular weight is 793 g/mol. The third-order valence-electron chi connectivity index (χ3n) is 12.1. The van der Waals surface area contributed by atoms with Crippen LogP contribution in [0, 0.1) is 29.5 Å². The molecule has 12 nitrogen and oxygen atoms in total. The van der Waals surface area contributed by atoms with E-state index in [1.165, 1.54) is 18.2 Å². The third kappa shape index (κ3) is 10.8. The van der Waals surface area contributed by atoms with Crippen molar-refractivity contribution >= 4 is 11.8 Å². The van der Waals surface area contributed by atoms with Crippen LogP contribution in [0.3, 0.4) is 0 Å². The summed E-state index contributed by atoms with van der Waals surface area (Å²) in [7, 11) is 9.26. The number of rotatable bonds is 16. The number of aromatic nitrogens is 1.